The van der Waals surface area contributed by atoms with Crippen molar-refractivity contribution in [2.45, 2.75) is 0 Å². The molecule has 1 aromatic heterocycles. The number of aromatic nitrogens is 2. The molecule has 68 valence electrons. The second-order valence-corrected chi connectivity index (χ2v) is 9.17. The van der Waals surface area contributed by atoms with E-state index in [1.165, 1.54) is 0 Å². The van der Waals surface area contributed by atoms with Crippen molar-refractivity contribution < 1.29 is 12.3 Å². The van der Waals surface area contributed by atoms with Gasteiger partial charge >= 0.3 is 0 Å². The van der Waals surface area contributed by atoms with Gasteiger partial charge in [0.25, 0.3) is 29.9 Å². The number of hydrogen-bond acceptors (Lipinski definition) is 4. The summed E-state index contributed by atoms with van der Waals surface area (Å²) in [7, 11) is -1.26. The van der Waals surface area contributed by atoms with E-state index >= 15 is 0 Å². The molecule has 0 aliphatic carbocycles. The molecule has 9 heteroatoms. The molecule has 0 atom stereocenters. The Morgan fingerprint density at radius 3 is 2.92 bits per heavy atom. The molecule has 0 saturated heterocycles. The normalized spacial score (nSPS) is 13.7. The molecule has 1 heterocycles. The number of rotatable bonds is 6. The summed E-state index contributed by atoms with van der Waals surface area (Å²) < 4.78 is 17.7. The Labute approximate surface area is 81.1 Å². The lowest BCUT2D eigenvalue weighted by Crippen LogP contribution is -2.16. The topological polar surface area (TPSA) is 45.5 Å². The molecule has 0 bridgehead atoms. The Balaban J connectivity index is 1.96. The zero-order chi connectivity index (χ0) is 8.65. The van der Waals surface area contributed by atoms with Gasteiger partial charge in [-0.05, 0) is 0 Å². The molecule has 1 aromatic rings. The molecule has 0 amide bonds. The summed E-state index contributed by atoms with van der Waals surface area (Å²) in [5.41, 5.74) is 0. The molecule has 12 heavy (non-hydrogen) atoms. The zero-order valence-corrected chi connectivity index (χ0v) is 13.2. The van der Waals surface area contributed by atoms with Gasteiger partial charge in [-0.3, -0.25) is 0 Å². The van der Waals surface area contributed by atoms with Crippen molar-refractivity contribution in [2.75, 3.05) is 0 Å². The minimum atomic E-state index is -0.750. The standard InChI is InChI=1S/C3H12N2O3Si4/c9-6-11-8-12-7-10-5-2-1-4-3-5/h1-3H,10-12H2,9H3. The first-order chi connectivity index (χ1) is 5.93. The van der Waals surface area contributed by atoms with Crippen molar-refractivity contribution in [3.05, 3.63) is 18.7 Å². The second-order valence-electron chi connectivity index (χ2n) is 2.14. The van der Waals surface area contributed by atoms with Crippen LogP contribution in [0.25, 0.3) is 0 Å². The maximum absolute atomic E-state index is 5.43. The van der Waals surface area contributed by atoms with E-state index in [4.69, 9.17) is 12.3 Å². The van der Waals surface area contributed by atoms with Crippen molar-refractivity contribution in [1.82, 2.24) is 9.22 Å². The van der Waals surface area contributed by atoms with Crippen LogP contribution in [0.15, 0.2) is 18.7 Å². The molecule has 5 nitrogen and oxygen atoms in total. The number of imidazole rings is 1. The maximum Gasteiger partial charge on any atom is 0.285 e. The van der Waals surface area contributed by atoms with E-state index in [0.717, 1.165) is 10.5 Å². The van der Waals surface area contributed by atoms with Crippen LogP contribution in [0.5, 0.6) is 0 Å². The van der Waals surface area contributed by atoms with E-state index in [2.05, 4.69) is 4.98 Å². The van der Waals surface area contributed by atoms with Gasteiger partial charge in [0.2, 0.25) is 0 Å². The lowest BCUT2D eigenvalue weighted by Gasteiger charge is -2.04. The zero-order valence-electron chi connectivity index (χ0n) is 6.97. The molecule has 0 saturated carbocycles. The maximum atomic E-state index is 5.43. The Bertz CT molecular complexity index is 195. The molecule has 0 fully saturated rings. The van der Waals surface area contributed by atoms with Crippen LogP contribution in [-0.2, 0) is 12.3 Å². The fourth-order valence-corrected chi connectivity index (χ4v) is 6.14. The quantitative estimate of drug-likeness (QED) is 0.374. The van der Waals surface area contributed by atoms with Gasteiger partial charge in [-0.15, -0.1) is 0 Å². The first-order valence-electron chi connectivity index (χ1n) is 3.53. The van der Waals surface area contributed by atoms with E-state index in [1.807, 2.05) is 10.4 Å². The minimum Gasteiger partial charge on any atom is -0.449 e. The van der Waals surface area contributed by atoms with Crippen molar-refractivity contribution in [3.63, 3.8) is 0 Å². The summed E-state index contributed by atoms with van der Waals surface area (Å²) in [4.78, 5) is 3.92. The highest BCUT2D eigenvalue weighted by Crippen LogP contribution is 1.80. The minimum absolute atomic E-state index is 0.628. The average Bonchev–Trinajstić information content (AvgIpc) is 2.57. The lowest BCUT2D eigenvalue weighted by atomic mass is 11.0. The summed E-state index contributed by atoms with van der Waals surface area (Å²) in [5, 5.41) is 0. The van der Waals surface area contributed by atoms with Crippen LogP contribution >= 0.6 is 0 Å². The number of nitrogens with zero attached hydrogens (tertiary/aromatic N) is 2. The predicted molar refractivity (Wildman–Crippen MR) is 56.5 cm³/mol. The van der Waals surface area contributed by atoms with E-state index in [-0.39, 0.29) is 0 Å². The first kappa shape index (κ1) is 10.0. The van der Waals surface area contributed by atoms with Crippen LogP contribution in [-0.4, -0.2) is 49.6 Å². The third-order valence-corrected chi connectivity index (χ3v) is 5.51. The molecule has 0 radical (unpaired) electrons. The second kappa shape index (κ2) is 6.47. The molecule has 0 spiro atoms. The van der Waals surface area contributed by atoms with Gasteiger partial charge in [-0.2, -0.15) is 0 Å². The molecule has 1 rings (SSSR count). The smallest absolute Gasteiger partial charge is 0.285 e. The van der Waals surface area contributed by atoms with Gasteiger partial charge in [-0.25, -0.2) is 4.98 Å². The summed E-state index contributed by atoms with van der Waals surface area (Å²) in [6.07, 6.45) is 5.46. The largest absolute Gasteiger partial charge is 0.449 e. The van der Waals surface area contributed by atoms with Gasteiger partial charge in [0.05, 0.1) is 6.33 Å². The lowest BCUT2D eigenvalue weighted by molar-refractivity contribution is 0.436. The Morgan fingerprint density at radius 2 is 2.25 bits per heavy atom. The van der Waals surface area contributed by atoms with Crippen molar-refractivity contribution in [3.8, 4) is 0 Å². The monoisotopic (exact) mass is 236 g/mol. The molecule has 0 unspecified atom stereocenters. The highest BCUT2D eigenvalue weighted by Gasteiger charge is 1.91. The number of hydrogen-bond donors (Lipinski definition) is 0. The summed E-state index contributed by atoms with van der Waals surface area (Å²) in [5.74, 6) is 0. The third-order valence-electron chi connectivity index (χ3n) is 1.17. The van der Waals surface area contributed by atoms with Crippen molar-refractivity contribution >= 4 is 40.4 Å². The Kier molecular flexibility index (Phi) is 5.41. The summed E-state index contributed by atoms with van der Waals surface area (Å²) in [6, 6.07) is 0. The van der Waals surface area contributed by atoms with Gasteiger partial charge in [0.15, 0.2) is 0 Å². The molecule has 0 N–H and O–H groups in total. The van der Waals surface area contributed by atoms with Gasteiger partial charge in [0.1, 0.15) is 10.5 Å². The molecule has 0 aliphatic rings. The fourth-order valence-electron chi connectivity index (χ4n) is 0.682. The Morgan fingerprint density at radius 1 is 1.33 bits per heavy atom. The van der Waals surface area contributed by atoms with Gasteiger partial charge in [-0.1, -0.05) is 0 Å². The Hall–Kier alpha value is -0.0425. The summed E-state index contributed by atoms with van der Waals surface area (Å²) >= 11 is 0. The van der Waals surface area contributed by atoms with Crippen LogP contribution in [0, 0.1) is 0 Å². The SMILES string of the molecule is [SiH3]O[SiH2]O[SiH2]O[SiH2]n1ccnc1. The van der Waals surface area contributed by atoms with E-state index in [1.54, 1.807) is 12.5 Å². The van der Waals surface area contributed by atoms with Crippen LogP contribution in [0.4, 0.5) is 0 Å². The van der Waals surface area contributed by atoms with Crippen LogP contribution < -0.4 is 0 Å². The first-order valence-corrected chi connectivity index (χ1v) is 7.87. The highest BCUT2D eigenvalue weighted by atomic mass is 28.4. The summed E-state index contributed by atoms with van der Waals surface area (Å²) in [6.45, 7) is 0. The molecule has 0 aromatic carbocycles. The van der Waals surface area contributed by atoms with Crippen molar-refractivity contribution in [2.24, 2.45) is 0 Å². The highest BCUT2D eigenvalue weighted by molar-refractivity contribution is 6.44. The molecular formula is C3H12N2O3Si4. The van der Waals surface area contributed by atoms with E-state index in [0.29, 0.717) is 0 Å². The average molecular weight is 236 g/mol. The fraction of sp³-hybridized carbons (Fsp3) is 0. The van der Waals surface area contributed by atoms with Crippen LogP contribution in [0.1, 0.15) is 0 Å². The van der Waals surface area contributed by atoms with Crippen molar-refractivity contribution in [1.29, 1.82) is 0 Å². The molecular weight excluding hydrogens is 224 g/mol. The van der Waals surface area contributed by atoms with Gasteiger partial charge in [0, 0.05) is 12.4 Å². The van der Waals surface area contributed by atoms with Crippen LogP contribution in [0.3, 0.4) is 0 Å². The van der Waals surface area contributed by atoms with Gasteiger partial charge < -0.3 is 16.6 Å². The molecule has 0 aliphatic heterocycles. The third kappa shape index (κ3) is 4.10. The van der Waals surface area contributed by atoms with Crippen LogP contribution in [0.2, 0.25) is 0 Å². The van der Waals surface area contributed by atoms with E-state index in [9.17, 15) is 0 Å². The van der Waals surface area contributed by atoms with E-state index < -0.39 is 29.9 Å². The predicted octanol–water partition coefficient (Wildman–Crippen LogP) is -3.94.